The molecule has 29 heavy (non-hydrogen) atoms. The number of nitrogens with zero attached hydrogens (tertiary/aromatic N) is 4. The van der Waals surface area contributed by atoms with Gasteiger partial charge in [0.25, 0.3) is 5.91 Å². The zero-order chi connectivity index (χ0) is 20.2. The van der Waals surface area contributed by atoms with Crippen LogP contribution in [-0.4, -0.2) is 37.8 Å². The molecule has 0 bridgehead atoms. The van der Waals surface area contributed by atoms with Gasteiger partial charge < -0.3 is 11.1 Å². The molecule has 0 unspecified atom stereocenters. The van der Waals surface area contributed by atoms with Gasteiger partial charge in [0.15, 0.2) is 0 Å². The van der Waals surface area contributed by atoms with Gasteiger partial charge in [-0.2, -0.15) is 0 Å². The maximum Gasteiger partial charge on any atom is 0.251 e. The fourth-order valence-electron chi connectivity index (χ4n) is 3.36. The number of tetrazole rings is 1. The molecular weight excluding hydrogens is 408 g/mol. The average Bonchev–Trinajstić information content (AvgIpc) is 3.30. The van der Waals surface area contributed by atoms with E-state index in [1.165, 1.54) is 23.1 Å². The Bertz CT molecular complexity index is 1030. The monoisotopic (exact) mass is 428 g/mol. The molecule has 150 valence electrons. The zero-order valence-corrected chi connectivity index (χ0v) is 17.3. The van der Waals surface area contributed by atoms with Crippen LogP contribution in [0.5, 0.6) is 0 Å². The normalized spacial score (nSPS) is 13.1. The van der Waals surface area contributed by atoms with Crippen molar-refractivity contribution in [2.45, 2.75) is 37.4 Å². The summed E-state index contributed by atoms with van der Waals surface area (Å²) in [5.74, 6) is -0.569. The predicted octanol–water partition coefficient (Wildman–Crippen LogP) is 2.49. The van der Waals surface area contributed by atoms with E-state index in [0.29, 0.717) is 22.3 Å². The number of primary amides is 1. The Balaban J connectivity index is 1.41. The van der Waals surface area contributed by atoms with Gasteiger partial charge in [-0.15, -0.1) is 16.4 Å². The summed E-state index contributed by atoms with van der Waals surface area (Å²) in [6.07, 6.45) is 3.90. The van der Waals surface area contributed by atoms with Crippen LogP contribution in [-0.2, 0) is 24.2 Å². The topological polar surface area (TPSA) is 116 Å². The van der Waals surface area contributed by atoms with Gasteiger partial charge in [-0.1, -0.05) is 42.1 Å². The molecule has 3 aromatic rings. The van der Waals surface area contributed by atoms with Gasteiger partial charge in [-0.3, -0.25) is 9.59 Å². The SMILES string of the molecule is NC(=O)c1c(NC(=O)CSc2nnnn2Cc2ccccc2)sc2c1CCCC2. The fourth-order valence-corrected chi connectivity index (χ4v) is 5.35. The summed E-state index contributed by atoms with van der Waals surface area (Å²) in [5.41, 5.74) is 8.13. The molecule has 0 aliphatic heterocycles. The Kier molecular flexibility index (Phi) is 5.91. The standard InChI is InChI=1S/C19H20N6O2S2/c20-17(27)16-13-8-4-5-9-14(13)29-18(16)21-15(26)11-28-19-22-23-24-25(19)10-12-6-2-1-3-7-12/h1-3,6-7H,4-5,8-11H2,(H2,20,27)(H,21,26). The van der Waals surface area contributed by atoms with E-state index in [1.807, 2.05) is 30.3 Å². The van der Waals surface area contributed by atoms with E-state index in [1.54, 1.807) is 4.68 Å². The van der Waals surface area contributed by atoms with Crippen LogP contribution in [0.1, 0.15) is 39.2 Å². The molecule has 0 saturated heterocycles. The van der Waals surface area contributed by atoms with E-state index < -0.39 is 5.91 Å². The van der Waals surface area contributed by atoms with E-state index >= 15 is 0 Å². The second-order valence-electron chi connectivity index (χ2n) is 6.72. The summed E-state index contributed by atoms with van der Waals surface area (Å²) in [6.45, 7) is 0.529. The molecule has 0 fully saturated rings. The highest BCUT2D eigenvalue weighted by Crippen LogP contribution is 2.38. The first-order chi connectivity index (χ1) is 14.1. The smallest absolute Gasteiger partial charge is 0.251 e. The van der Waals surface area contributed by atoms with E-state index in [2.05, 4.69) is 20.8 Å². The van der Waals surface area contributed by atoms with Gasteiger partial charge in [0.05, 0.1) is 17.9 Å². The minimum atomic E-state index is -0.487. The molecular formula is C19H20N6O2S2. The second kappa shape index (κ2) is 8.75. The summed E-state index contributed by atoms with van der Waals surface area (Å²) in [4.78, 5) is 25.6. The number of aryl methyl sites for hydroxylation is 1. The molecule has 0 spiro atoms. The molecule has 0 radical (unpaired) electrons. The Hall–Kier alpha value is -2.72. The first-order valence-corrected chi connectivity index (χ1v) is 11.1. The first kappa shape index (κ1) is 19.6. The number of fused-ring (bicyclic) bond motifs is 1. The number of hydrogen-bond acceptors (Lipinski definition) is 7. The van der Waals surface area contributed by atoms with E-state index in [-0.39, 0.29) is 11.7 Å². The zero-order valence-electron chi connectivity index (χ0n) is 15.6. The highest BCUT2D eigenvalue weighted by Gasteiger charge is 2.25. The van der Waals surface area contributed by atoms with Gasteiger partial charge in [-0.05, 0) is 47.2 Å². The van der Waals surface area contributed by atoms with Crippen molar-refractivity contribution in [3.63, 3.8) is 0 Å². The lowest BCUT2D eigenvalue weighted by molar-refractivity contribution is -0.113. The van der Waals surface area contributed by atoms with Crippen molar-refractivity contribution in [3.8, 4) is 0 Å². The molecule has 8 nitrogen and oxygen atoms in total. The van der Waals surface area contributed by atoms with Crippen molar-refractivity contribution < 1.29 is 9.59 Å². The number of carbonyl (C=O) groups excluding carboxylic acids is 2. The lowest BCUT2D eigenvalue weighted by Crippen LogP contribution is -2.19. The minimum Gasteiger partial charge on any atom is -0.365 e. The van der Waals surface area contributed by atoms with Crippen molar-refractivity contribution in [2.24, 2.45) is 5.73 Å². The first-order valence-electron chi connectivity index (χ1n) is 9.29. The van der Waals surface area contributed by atoms with Gasteiger partial charge in [0.1, 0.15) is 5.00 Å². The number of hydrogen-bond donors (Lipinski definition) is 2. The lowest BCUT2D eigenvalue weighted by Gasteiger charge is -2.11. The van der Waals surface area contributed by atoms with E-state index in [4.69, 9.17) is 5.73 Å². The molecule has 3 N–H and O–H groups in total. The third kappa shape index (κ3) is 4.48. The van der Waals surface area contributed by atoms with Crippen molar-refractivity contribution >= 4 is 39.9 Å². The number of anilines is 1. The Morgan fingerprint density at radius 3 is 2.79 bits per heavy atom. The third-order valence-corrected chi connectivity index (χ3v) is 6.84. The average molecular weight is 429 g/mol. The summed E-state index contributed by atoms with van der Waals surface area (Å²) >= 11 is 2.71. The minimum absolute atomic E-state index is 0.135. The van der Waals surface area contributed by atoms with Crippen LogP contribution < -0.4 is 11.1 Å². The summed E-state index contributed by atoms with van der Waals surface area (Å²) in [6, 6.07) is 9.85. The van der Waals surface area contributed by atoms with Crippen molar-refractivity contribution in [2.75, 3.05) is 11.1 Å². The van der Waals surface area contributed by atoms with E-state index in [9.17, 15) is 9.59 Å². The second-order valence-corrected chi connectivity index (χ2v) is 8.77. The number of rotatable bonds is 7. The largest absolute Gasteiger partial charge is 0.365 e. The lowest BCUT2D eigenvalue weighted by atomic mass is 9.95. The van der Waals surface area contributed by atoms with Crippen LogP contribution in [0.3, 0.4) is 0 Å². The van der Waals surface area contributed by atoms with Crippen LogP contribution in [0.15, 0.2) is 35.5 Å². The van der Waals surface area contributed by atoms with Crippen LogP contribution in [0, 0.1) is 0 Å². The Morgan fingerprint density at radius 2 is 2.00 bits per heavy atom. The summed E-state index contributed by atoms with van der Waals surface area (Å²) in [5, 5.41) is 15.7. The quantitative estimate of drug-likeness (QED) is 0.559. The Labute approximate surface area is 175 Å². The number of nitrogens with two attached hydrogens (primary N) is 1. The van der Waals surface area contributed by atoms with Gasteiger partial charge >= 0.3 is 0 Å². The molecule has 1 aliphatic carbocycles. The highest BCUT2D eigenvalue weighted by atomic mass is 32.2. The molecule has 2 aromatic heterocycles. The molecule has 0 saturated carbocycles. The number of aromatic nitrogens is 4. The molecule has 1 aromatic carbocycles. The van der Waals surface area contributed by atoms with Gasteiger partial charge in [0.2, 0.25) is 11.1 Å². The number of thioether (sulfide) groups is 1. The maximum atomic E-state index is 12.5. The van der Waals surface area contributed by atoms with Crippen LogP contribution in [0.2, 0.25) is 0 Å². The molecule has 4 rings (SSSR count). The predicted molar refractivity (Wildman–Crippen MR) is 112 cm³/mol. The molecule has 2 amide bonds. The molecule has 2 heterocycles. The van der Waals surface area contributed by atoms with Crippen molar-refractivity contribution in [1.82, 2.24) is 20.2 Å². The van der Waals surface area contributed by atoms with Crippen LogP contribution in [0.4, 0.5) is 5.00 Å². The summed E-state index contributed by atoms with van der Waals surface area (Å²) in [7, 11) is 0. The van der Waals surface area contributed by atoms with Crippen LogP contribution >= 0.6 is 23.1 Å². The number of amides is 2. The third-order valence-electron chi connectivity index (χ3n) is 4.68. The van der Waals surface area contributed by atoms with Gasteiger partial charge in [0, 0.05) is 4.88 Å². The van der Waals surface area contributed by atoms with Crippen LogP contribution in [0.25, 0.3) is 0 Å². The van der Waals surface area contributed by atoms with E-state index in [0.717, 1.165) is 41.7 Å². The maximum absolute atomic E-state index is 12.5. The summed E-state index contributed by atoms with van der Waals surface area (Å²) < 4.78 is 1.66. The number of benzene rings is 1. The van der Waals surface area contributed by atoms with Crippen molar-refractivity contribution in [3.05, 3.63) is 51.9 Å². The molecule has 1 aliphatic rings. The Morgan fingerprint density at radius 1 is 1.21 bits per heavy atom. The number of nitrogens with one attached hydrogen (secondary N) is 1. The number of thiophene rings is 1. The molecule has 10 heteroatoms. The highest BCUT2D eigenvalue weighted by molar-refractivity contribution is 7.99. The van der Waals surface area contributed by atoms with Crippen molar-refractivity contribution in [1.29, 1.82) is 0 Å². The molecule has 0 atom stereocenters. The van der Waals surface area contributed by atoms with Gasteiger partial charge in [-0.25, -0.2) is 4.68 Å². The fraction of sp³-hybridized carbons (Fsp3) is 0.316. The number of carbonyl (C=O) groups is 2.